The minimum absolute atomic E-state index is 0.0513. The van der Waals surface area contributed by atoms with Gasteiger partial charge in [0.1, 0.15) is 11.5 Å². The average Bonchev–Trinajstić information content (AvgIpc) is 2.48. The van der Waals surface area contributed by atoms with E-state index < -0.39 is 0 Å². The molecule has 6 heteroatoms. The summed E-state index contributed by atoms with van der Waals surface area (Å²) in [5, 5.41) is 25.0. The molecule has 0 atom stereocenters. The lowest BCUT2D eigenvalue weighted by atomic mass is 10.0. The third-order valence-corrected chi connectivity index (χ3v) is 3.88. The van der Waals surface area contributed by atoms with E-state index in [1.165, 1.54) is 6.07 Å². The highest BCUT2D eigenvalue weighted by Gasteiger charge is 2.20. The van der Waals surface area contributed by atoms with Crippen molar-refractivity contribution in [2.75, 3.05) is 26.7 Å². The Labute approximate surface area is 124 Å². The number of aromatic hydroxyl groups is 2. The van der Waals surface area contributed by atoms with E-state index in [9.17, 15) is 15.0 Å². The third-order valence-electron chi connectivity index (χ3n) is 3.88. The lowest BCUT2D eigenvalue weighted by Gasteiger charge is -2.31. The molecule has 1 saturated heterocycles. The molecule has 1 amide bonds. The number of piperidine rings is 1. The van der Waals surface area contributed by atoms with Crippen molar-refractivity contribution in [2.24, 2.45) is 0 Å². The normalized spacial score (nSPS) is 16.8. The first-order chi connectivity index (χ1) is 10.1. The molecule has 0 unspecified atom stereocenters. The van der Waals surface area contributed by atoms with Gasteiger partial charge in [-0.1, -0.05) is 6.07 Å². The number of hydrogen-bond donors (Lipinski definition) is 4. The molecule has 0 bridgehead atoms. The van der Waals surface area contributed by atoms with Crippen molar-refractivity contribution < 1.29 is 15.0 Å². The number of hydrogen-bond acceptors (Lipinski definition) is 5. The largest absolute Gasteiger partial charge is 0.508 e. The molecule has 1 heterocycles. The summed E-state index contributed by atoms with van der Waals surface area (Å²) in [6.45, 7) is 2.83. The van der Waals surface area contributed by atoms with Crippen LogP contribution in [0.5, 0.6) is 11.5 Å². The number of likely N-dealkylation sites (N-methyl/N-ethyl adjacent to an activating group) is 1. The molecule has 2 rings (SSSR count). The molecular weight excluding hydrogens is 270 g/mol. The minimum Gasteiger partial charge on any atom is -0.508 e. The second-order valence-corrected chi connectivity index (χ2v) is 5.42. The van der Waals surface area contributed by atoms with Crippen LogP contribution in [0, 0.1) is 0 Å². The number of phenolic OH excluding ortho intramolecular Hbond substituents is 2. The van der Waals surface area contributed by atoms with Gasteiger partial charge in [0.05, 0.1) is 6.54 Å². The van der Waals surface area contributed by atoms with E-state index in [1.807, 2.05) is 0 Å². The molecule has 1 aromatic carbocycles. The van der Waals surface area contributed by atoms with Gasteiger partial charge in [0, 0.05) is 44.4 Å². The van der Waals surface area contributed by atoms with Crippen molar-refractivity contribution in [3.8, 4) is 11.5 Å². The Morgan fingerprint density at radius 3 is 2.67 bits per heavy atom. The zero-order chi connectivity index (χ0) is 15.2. The summed E-state index contributed by atoms with van der Waals surface area (Å²) in [5.74, 6) is 0.230. The SMILES string of the molecule is CNC(=O)CN1CCC(NCc2ccc(O)cc2O)CC1. The molecule has 1 fully saturated rings. The van der Waals surface area contributed by atoms with E-state index in [-0.39, 0.29) is 17.4 Å². The lowest BCUT2D eigenvalue weighted by Crippen LogP contribution is -2.45. The van der Waals surface area contributed by atoms with Crippen molar-refractivity contribution in [3.05, 3.63) is 23.8 Å². The van der Waals surface area contributed by atoms with Gasteiger partial charge in [-0.2, -0.15) is 0 Å². The Bertz CT molecular complexity index is 485. The molecule has 116 valence electrons. The first-order valence-electron chi connectivity index (χ1n) is 7.25. The van der Waals surface area contributed by atoms with Crippen LogP contribution in [0.3, 0.4) is 0 Å². The second kappa shape index (κ2) is 7.28. The van der Waals surface area contributed by atoms with E-state index in [1.54, 1.807) is 19.2 Å². The number of nitrogens with zero attached hydrogens (tertiary/aromatic N) is 1. The van der Waals surface area contributed by atoms with Gasteiger partial charge < -0.3 is 20.8 Å². The topological polar surface area (TPSA) is 84.8 Å². The van der Waals surface area contributed by atoms with Gasteiger partial charge in [0.2, 0.25) is 5.91 Å². The maximum absolute atomic E-state index is 11.3. The summed E-state index contributed by atoms with van der Waals surface area (Å²) >= 11 is 0. The molecule has 6 nitrogen and oxygen atoms in total. The van der Waals surface area contributed by atoms with Crippen molar-refractivity contribution >= 4 is 5.91 Å². The minimum atomic E-state index is 0.0513. The molecule has 1 aliphatic heterocycles. The first-order valence-corrected chi connectivity index (χ1v) is 7.25. The number of amides is 1. The molecule has 21 heavy (non-hydrogen) atoms. The maximum atomic E-state index is 11.3. The molecule has 0 saturated carbocycles. The predicted molar refractivity (Wildman–Crippen MR) is 80.1 cm³/mol. The Hall–Kier alpha value is -1.79. The smallest absolute Gasteiger partial charge is 0.233 e. The highest BCUT2D eigenvalue weighted by Crippen LogP contribution is 2.22. The number of carbonyl (C=O) groups is 1. The molecule has 0 aromatic heterocycles. The van der Waals surface area contributed by atoms with E-state index >= 15 is 0 Å². The van der Waals surface area contributed by atoms with Gasteiger partial charge >= 0.3 is 0 Å². The first kappa shape index (κ1) is 15.6. The zero-order valence-corrected chi connectivity index (χ0v) is 12.3. The fourth-order valence-electron chi connectivity index (χ4n) is 2.53. The standard InChI is InChI=1S/C15H23N3O3/c1-16-15(21)10-18-6-4-12(5-7-18)17-9-11-2-3-13(19)8-14(11)20/h2-3,8,12,17,19-20H,4-7,9-10H2,1H3,(H,16,21). The maximum Gasteiger partial charge on any atom is 0.233 e. The second-order valence-electron chi connectivity index (χ2n) is 5.42. The van der Waals surface area contributed by atoms with Crippen LogP contribution in [0.1, 0.15) is 18.4 Å². The molecule has 4 N–H and O–H groups in total. The fraction of sp³-hybridized carbons (Fsp3) is 0.533. The third kappa shape index (κ3) is 4.61. The van der Waals surface area contributed by atoms with Crippen LogP contribution in [0.4, 0.5) is 0 Å². The van der Waals surface area contributed by atoms with Crippen LogP contribution in [0.2, 0.25) is 0 Å². The van der Waals surface area contributed by atoms with E-state index in [2.05, 4.69) is 15.5 Å². The van der Waals surface area contributed by atoms with Crippen LogP contribution in [-0.2, 0) is 11.3 Å². The molecule has 0 radical (unpaired) electrons. The predicted octanol–water partition coefficient (Wildman–Crippen LogP) is 0.398. The summed E-state index contributed by atoms with van der Waals surface area (Å²) in [4.78, 5) is 13.5. The fourth-order valence-corrected chi connectivity index (χ4v) is 2.53. The summed E-state index contributed by atoms with van der Waals surface area (Å²) in [6, 6.07) is 5.03. The summed E-state index contributed by atoms with van der Waals surface area (Å²) < 4.78 is 0. The van der Waals surface area contributed by atoms with Gasteiger partial charge in [-0.3, -0.25) is 9.69 Å². The lowest BCUT2D eigenvalue weighted by molar-refractivity contribution is -0.122. The number of likely N-dealkylation sites (tertiary alicyclic amines) is 1. The van der Waals surface area contributed by atoms with Gasteiger partial charge in [0.15, 0.2) is 0 Å². The van der Waals surface area contributed by atoms with E-state index in [4.69, 9.17) is 0 Å². The summed E-state index contributed by atoms with van der Waals surface area (Å²) in [5.41, 5.74) is 0.778. The van der Waals surface area contributed by atoms with E-state index in [0.717, 1.165) is 31.5 Å². The van der Waals surface area contributed by atoms with Crippen molar-refractivity contribution in [1.29, 1.82) is 0 Å². The van der Waals surface area contributed by atoms with Gasteiger partial charge in [0.25, 0.3) is 0 Å². The molecule has 1 aliphatic rings. The van der Waals surface area contributed by atoms with Crippen molar-refractivity contribution in [3.63, 3.8) is 0 Å². The molecule has 1 aromatic rings. The summed E-state index contributed by atoms with van der Waals surface area (Å²) in [7, 11) is 1.65. The van der Waals surface area contributed by atoms with Gasteiger partial charge in [-0.25, -0.2) is 0 Å². The Morgan fingerprint density at radius 1 is 1.33 bits per heavy atom. The Morgan fingerprint density at radius 2 is 2.05 bits per heavy atom. The molecular formula is C15H23N3O3. The quantitative estimate of drug-likeness (QED) is 0.631. The van der Waals surface area contributed by atoms with Crippen LogP contribution >= 0.6 is 0 Å². The van der Waals surface area contributed by atoms with Crippen molar-refractivity contribution in [2.45, 2.75) is 25.4 Å². The average molecular weight is 293 g/mol. The Balaban J connectivity index is 1.75. The van der Waals surface area contributed by atoms with Crippen LogP contribution in [0.15, 0.2) is 18.2 Å². The zero-order valence-electron chi connectivity index (χ0n) is 12.3. The number of phenols is 2. The van der Waals surface area contributed by atoms with Crippen LogP contribution in [-0.4, -0.2) is 53.7 Å². The number of benzene rings is 1. The number of carbonyl (C=O) groups excluding carboxylic acids is 1. The molecule has 0 aliphatic carbocycles. The monoisotopic (exact) mass is 293 g/mol. The number of nitrogens with one attached hydrogen (secondary N) is 2. The van der Waals surface area contributed by atoms with E-state index in [0.29, 0.717) is 19.1 Å². The van der Waals surface area contributed by atoms with Crippen LogP contribution in [0.25, 0.3) is 0 Å². The van der Waals surface area contributed by atoms with Crippen molar-refractivity contribution in [1.82, 2.24) is 15.5 Å². The van der Waals surface area contributed by atoms with Gasteiger partial charge in [-0.15, -0.1) is 0 Å². The Kier molecular flexibility index (Phi) is 5.41. The van der Waals surface area contributed by atoms with Gasteiger partial charge in [-0.05, 0) is 18.9 Å². The highest BCUT2D eigenvalue weighted by atomic mass is 16.3. The summed E-state index contributed by atoms with van der Waals surface area (Å²) in [6.07, 6.45) is 1.96. The number of rotatable bonds is 5. The highest BCUT2D eigenvalue weighted by molar-refractivity contribution is 5.77. The van der Waals surface area contributed by atoms with Crippen LogP contribution < -0.4 is 10.6 Å². The molecule has 0 spiro atoms.